The van der Waals surface area contributed by atoms with Crippen LogP contribution in [0.2, 0.25) is 0 Å². The highest BCUT2D eigenvalue weighted by atomic mass is 16.5. The van der Waals surface area contributed by atoms with Gasteiger partial charge in [-0.05, 0) is 43.5 Å². The van der Waals surface area contributed by atoms with E-state index in [0.717, 1.165) is 17.9 Å². The van der Waals surface area contributed by atoms with E-state index in [0.29, 0.717) is 5.92 Å². The van der Waals surface area contributed by atoms with Crippen LogP contribution in [-0.2, 0) is 0 Å². The monoisotopic (exact) mass is 237 g/mol. The van der Waals surface area contributed by atoms with E-state index in [-0.39, 0.29) is 12.1 Å². The Labute approximate surface area is 104 Å². The number of rotatable bonds is 6. The van der Waals surface area contributed by atoms with Crippen molar-refractivity contribution in [1.82, 2.24) is 0 Å². The molecule has 1 unspecified atom stereocenters. The van der Waals surface area contributed by atoms with Gasteiger partial charge in [0.2, 0.25) is 0 Å². The first-order valence-corrected chi connectivity index (χ1v) is 6.02. The number of nitrogens with one attached hydrogen (secondary N) is 1. The van der Waals surface area contributed by atoms with Crippen molar-refractivity contribution < 1.29 is 9.84 Å². The highest BCUT2D eigenvalue weighted by Gasteiger charge is 2.24. The minimum absolute atomic E-state index is 0.122. The van der Waals surface area contributed by atoms with E-state index in [2.05, 4.69) is 19.2 Å². The van der Waals surface area contributed by atoms with Gasteiger partial charge in [0.1, 0.15) is 5.75 Å². The summed E-state index contributed by atoms with van der Waals surface area (Å²) in [5, 5.41) is 12.9. The van der Waals surface area contributed by atoms with Gasteiger partial charge in [-0.15, -0.1) is 0 Å². The lowest BCUT2D eigenvalue weighted by molar-refractivity contribution is 0.202. The standard InChI is InChI=1S/C14H23NO2/c1-11(2)9-14(3,10-16)15-12-5-7-13(17-4)8-6-12/h5-8,11,15-16H,9-10H2,1-4H3. The Kier molecular flexibility index (Phi) is 4.82. The van der Waals surface area contributed by atoms with E-state index in [1.54, 1.807) is 7.11 Å². The first-order chi connectivity index (χ1) is 7.99. The number of hydrogen-bond acceptors (Lipinski definition) is 3. The van der Waals surface area contributed by atoms with Gasteiger partial charge in [-0.25, -0.2) is 0 Å². The molecular weight excluding hydrogens is 214 g/mol. The van der Waals surface area contributed by atoms with Gasteiger partial charge in [0, 0.05) is 5.69 Å². The van der Waals surface area contributed by atoms with Gasteiger partial charge in [0.05, 0.1) is 19.3 Å². The Morgan fingerprint density at radius 1 is 1.29 bits per heavy atom. The van der Waals surface area contributed by atoms with Crippen LogP contribution in [0.25, 0.3) is 0 Å². The molecule has 1 aromatic rings. The fraction of sp³-hybridized carbons (Fsp3) is 0.571. The third-order valence-electron chi connectivity index (χ3n) is 2.74. The number of anilines is 1. The van der Waals surface area contributed by atoms with Crippen LogP contribution >= 0.6 is 0 Å². The molecule has 0 bridgehead atoms. The molecule has 17 heavy (non-hydrogen) atoms. The first-order valence-electron chi connectivity index (χ1n) is 6.02. The molecule has 0 saturated carbocycles. The number of aliphatic hydroxyl groups is 1. The molecule has 0 radical (unpaired) electrons. The molecule has 1 rings (SSSR count). The average Bonchev–Trinajstić information content (AvgIpc) is 2.29. The molecule has 3 nitrogen and oxygen atoms in total. The zero-order valence-corrected chi connectivity index (χ0v) is 11.2. The van der Waals surface area contributed by atoms with Crippen molar-refractivity contribution in [2.45, 2.75) is 32.7 Å². The maximum Gasteiger partial charge on any atom is 0.119 e. The third kappa shape index (κ3) is 4.27. The SMILES string of the molecule is COc1ccc(NC(C)(CO)CC(C)C)cc1. The predicted molar refractivity (Wildman–Crippen MR) is 71.6 cm³/mol. The molecule has 0 saturated heterocycles. The molecule has 3 heteroatoms. The zero-order chi connectivity index (χ0) is 12.9. The lowest BCUT2D eigenvalue weighted by Gasteiger charge is -2.31. The van der Waals surface area contributed by atoms with Gasteiger partial charge < -0.3 is 15.2 Å². The third-order valence-corrected chi connectivity index (χ3v) is 2.74. The van der Waals surface area contributed by atoms with Gasteiger partial charge in [0.25, 0.3) is 0 Å². The molecule has 0 aliphatic heterocycles. The zero-order valence-electron chi connectivity index (χ0n) is 11.2. The predicted octanol–water partition coefficient (Wildman–Crippen LogP) is 2.90. The van der Waals surface area contributed by atoms with Gasteiger partial charge in [-0.2, -0.15) is 0 Å². The summed E-state index contributed by atoms with van der Waals surface area (Å²) in [7, 11) is 1.65. The van der Waals surface area contributed by atoms with Gasteiger partial charge in [-0.3, -0.25) is 0 Å². The summed E-state index contributed by atoms with van der Waals surface area (Å²) in [6.45, 7) is 6.47. The van der Waals surface area contributed by atoms with Crippen LogP contribution in [0.3, 0.4) is 0 Å². The smallest absolute Gasteiger partial charge is 0.119 e. The number of aliphatic hydroxyl groups excluding tert-OH is 1. The van der Waals surface area contributed by atoms with Crippen molar-refractivity contribution in [2.24, 2.45) is 5.92 Å². The summed E-state index contributed by atoms with van der Waals surface area (Å²) in [6.07, 6.45) is 0.926. The summed E-state index contributed by atoms with van der Waals surface area (Å²) in [4.78, 5) is 0. The molecule has 0 spiro atoms. The maximum absolute atomic E-state index is 9.51. The molecule has 0 aliphatic rings. The van der Waals surface area contributed by atoms with Gasteiger partial charge in [0.15, 0.2) is 0 Å². The van der Waals surface area contributed by atoms with Crippen LogP contribution in [0.15, 0.2) is 24.3 Å². The minimum Gasteiger partial charge on any atom is -0.497 e. The fourth-order valence-corrected chi connectivity index (χ4v) is 2.08. The van der Waals surface area contributed by atoms with Crippen molar-refractivity contribution in [2.75, 3.05) is 19.0 Å². The van der Waals surface area contributed by atoms with E-state index >= 15 is 0 Å². The lowest BCUT2D eigenvalue weighted by atomic mass is 9.91. The summed E-state index contributed by atoms with van der Waals surface area (Å²) in [5.74, 6) is 1.38. The molecule has 2 N–H and O–H groups in total. The summed E-state index contributed by atoms with van der Waals surface area (Å²) >= 11 is 0. The van der Waals surface area contributed by atoms with Crippen LogP contribution in [0, 0.1) is 5.92 Å². The number of ether oxygens (including phenoxy) is 1. The number of benzene rings is 1. The molecule has 96 valence electrons. The van der Waals surface area contributed by atoms with E-state index in [9.17, 15) is 5.11 Å². The maximum atomic E-state index is 9.51. The second kappa shape index (κ2) is 5.92. The average molecular weight is 237 g/mol. The Bertz CT molecular complexity index is 335. The van der Waals surface area contributed by atoms with Crippen LogP contribution in [0.4, 0.5) is 5.69 Å². The van der Waals surface area contributed by atoms with E-state index in [1.807, 2.05) is 31.2 Å². The highest BCUT2D eigenvalue weighted by molar-refractivity contribution is 5.48. The Hall–Kier alpha value is -1.22. The lowest BCUT2D eigenvalue weighted by Crippen LogP contribution is -2.40. The fourth-order valence-electron chi connectivity index (χ4n) is 2.08. The number of methoxy groups -OCH3 is 1. The van der Waals surface area contributed by atoms with Crippen molar-refractivity contribution in [3.05, 3.63) is 24.3 Å². The summed E-state index contributed by atoms with van der Waals surface area (Å²) < 4.78 is 5.11. The molecule has 1 aromatic carbocycles. The van der Waals surface area contributed by atoms with Crippen molar-refractivity contribution in [1.29, 1.82) is 0 Å². The van der Waals surface area contributed by atoms with Gasteiger partial charge in [-0.1, -0.05) is 13.8 Å². The normalized spacial score (nSPS) is 14.5. The van der Waals surface area contributed by atoms with Crippen LogP contribution in [-0.4, -0.2) is 24.4 Å². The van der Waals surface area contributed by atoms with E-state index in [1.165, 1.54) is 0 Å². The van der Waals surface area contributed by atoms with Crippen LogP contribution in [0.1, 0.15) is 27.2 Å². The Morgan fingerprint density at radius 2 is 1.88 bits per heavy atom. The quantitative estimate of drug-likeness (QED) is 0.799. The van der Waals surface area contributed by atoms with Crippen LogP contribution in [0.5, 0.6) is 5.75 Å². The Morgan fingerprint density at radius 3 is 2.29 bits per heavy atom. The van der Waals surface area contributed by atoms with Crippen molar-refractivity contribution >= 4 is 5.69 Å². The molecule has 0 aromatic heterocycles. The molecule has 1 atom stereocenters. The van der Waals surface area contributed by atoms with Crippen LogP contribution < -0.4 is 10.1 Å². The Balaban J connectivity index is 2.72. The topological polar surface area (TPSA) is 41.5 Å². The molecule has 0 heterocycles. The summed E-state index contributed by atoms with van der Waals surface area (Å²) in [5.41, 5.74) is 0.728. The molecular formula is C14H23NO2. The van der Waals surface area contributed by atoms with Gasteiger partial charge >= 0.3 is 0 Å². The second-order valence-electron chi connectivity index (χ2n) is 5.17. The van der Waals surface area contributed by atoms with E-state index < -0.39 is 0 Å². The molecule has 0 fully saturated rings. The van der Waals surface area contributed by atoms with E-state index in [4.69, 9.17) is 4.74 Å². The molecule has 0 amide bonds. The van der Waals surface area contributed by atoms with Crippen molar-refractivity contribution in [3.8, 4) is 5.75 Å². The molecule has 0 aliphatic carbocycles. The highest BCUT2D eigenvalue weighted by Crippen LogP contribution is 2.23. The largest absolute Gasteiger partial charge is 0.497 e. The number of hydrogen-bond donors (Lipinski definition) is 2. The van der Waals surface area contributed by atoms with Crippen molar-refractivity contribution in [3.63, 3.8) is 0 Å². The first kappa shape index (κ1) is 13.8. The second-order valence-corrected chi connectivity index (χ2v) is 5.17. The minimum atomic E-state index is -0.275. The summed E-state index contributed by atoms with van der Waals surface area (Å²) in [6, 6.07) is 7.76.